The number of methoxy groups -OCH3 is 2. The number of ether oxygens (including phenoxy) is 2. The molecule has 0 bridgehead atoms. The van der Waals surface area contributed by atoms with Gasteiger partial charge < -0.3 is 26.5 Å². The lowest BCUT2D eigenvalue weighted by atomic mass is 10.0. The van der Waals surface area contributed by atoms with Crippen LogP contribution in [0, 0.1) is 0 Å². The molecule has 0 amide bonds. The molecule has 2 nitrogen and oxygen atoms in total. The van der Waals surface area contributed by atoms with Crippen molar-refractivity contribution in [3.05, 3.63) is 151 Å². The second-order valence-corrected chi connectivity index (χ2v) is 12.2. The van der Waals surface area contributed by atoms with Crippen molar-refractivity contribution in [1.82, 2.24) is 0 Å². The number of hydrogen-bond donors (Lipinski definition) is 0. The van der Waals surface area contributed by atoms with Gasteiger partial charge in [0.25, 0.3) is 0 Å². The van der Waals surface area contributed by atoms with E-state index in [9.17, 15) is 0 Å². The van der Waals surface area contributed by atoms with Crippen LogP contribution in [0.1, 0.15) is 16.8 Å². The third-order valence-electron chi connectivity index (χ3n) is 6.74. The highest BCUT2D eigenvalue weighted by molar-refractivity contribution is 7.96. The molecule has 37 heavy (non-hydrogen) atoms. The summed E-state index contributed by atoms with van der Waals surface area (Å²) < 4.78 is 11.0. The quantitative estimate of drug-likeness (QED) is 0.265. The molecule has 4 heteroatoms. The summed E-state index contributed by atoms with van der Waals surface area (Å²) in [7, 11) is 1.19. The fraction of sp³-hybridized carbons (Fsp3) is 0.0909. The van der Waals surface area contributed by atoms with Gasteiger partial charge in [0.1, 0.15) is 40.3 Å². The van der Waals surface area contributed by atoms with Crippen molar-refractivity contribution in [2.75, 3.05) is 14.2 Å². The van der Waals surface area contributed by atoms with E-state index in [1.165, 1.54) is 27.0 Å². The van der Waals surface area contributed by atoms with Crippen LogP contribution in [0.3, 0.4) is 0 Å². The Labute approximate surface area is 231 Å². The van der Waals surface area contributed by atoms with E-state index in [1.54, 1.807) is 14.2 Å². The van der Waals surface area contributed by atoms with Crippen molar-refractivity contribution in [2.45, 2.75) is 5.66 Å². The van der Waals surface area contributed by atoms with Gasteiger partial charge in [0.2, 0.25) is 0 Å². The Bertz CT molecular complexity index is 1230. The SMILES string of the molecule is COc1ccc(C(c2ccc(OC)cc2)[P+](c2ccccc2)(c2ccccc2)c2ccccc2)cc1.[Br-]. The van der Waals surface area contributed by atoms with Gasteiger partial charge in [0.15, 0.2) is 0 Å². The van der Waals surface area contributed by atoms with Gasteiger partial charge in [-0.25, -0.2) is 0 Å². The molecule has 0 atom stereocenters. The maximum atomic E-state index is 5.52. The van der Waals surface area contributed by atoms with Gasteiger partial charge in [-0.2, -0.15) is 0 Å². The average molecular weight is 569 g/mol. The zero-order chi connectivity index (χ0) is 24.8. The van der Waals surface area contributed by atoms with Gasteiger partial charge in [-0.15, -0.1) is 0 Å². The second kappa shape index (κ2) is 12.2. The highest BCUT2D eigenvalue weighted by Gasteiger charge is 2.53. The standard InChI is InChI=1S/C33H30O2P.BrH/c1-34-28-22-18-26(19-23-28)33(27-20-24-29(35-2)25-21-27)36(30-12-6-3-7-13-30,31-14-8-4-9-15-31)32-16-10-5-11-17-32;/h3-25,33H,1-2H3;1H/q+1;/p-1. The van der Waals surface area contributed by atoms with Crippen LogP contribution in [0.5, 0.6) is 11.5 Å². The molecule has 186 valence electrons. The first-order valence-corrected chi connectivity index (χ1v) is 14.0. The smallest absolute Gasteiger partial charge is 0.134 e. The number of rotatable bonds is 8. The number of hydrogen-bond acceptors (Lipinski definition) is 2. The van der Waals surface area contributed by atoms with Crippen LogP contribution < -0.4 is 42.4 Å². The Kier molecular flexibility index (Phi) is 8.82. The minimum atomic E-state index is -2.24. The molecule has 0 fully saturated rings. The van der Waals surface area contributed by atoms with Crippen molar-refractivity contribution in [2.24, 2.45) is 0 Å². The van der Waals surface area contributed by atoms with Gasteiger partial charge in [0, 0.05) is 0 Å². The topological polar surface area (TPSA) is 18.5 Å². The first kappa shape index (κ1) is 26.7. The molecule has 0 aliphatic rings. The third kappa shape index (κ3) is 5.21. The highest BCUT2D eigenvalue weighted by atomic mass is 79.9. The van der Waals surface area contributed by atoms with Crippen molar-refractivity contribution in [3.63, 3.8) is 0 Å². The van der Waals surface area contributed by atoms with Crippen LogP contribution in [-0.2, 0) is 0 Å². The molecule has 0 N–H and O–H groups in total. The first-order valence-electron chi connectivity index (χ1n) is 12.1. The molecule has 0 aromatic heterocycles. The summed E-state index contributed by atoms with van der Waals surface area (Å²) >= 11 is 0. The Balaban J connectivity index is 0.00000320. The van der Waals surface area contributed by atoms with Crippen LogP contribution >= 0.6 is 7.26 Å². The molecule has 0 saturated heterocycles. The fourth-order valence-electron chi connectivity index (χ4n) is 5.10. The molecular weight excluding hydrogens is 539 g/mol. The van der Waals surface area contributed by atoms with Crippen molar-refractivity contribution >= 4 is 23.2 Å². The van der Waals surface area contributed by atoms with Crippen molar-refractivity contribution < 1.29 is 26.5 Å². The van der Waals surface area contributed by atoms with E-state index in [0.717, 1.165) is 11.5 Å². The van der Waals surface area contributed by atoms with Crippen LogP contribution in [0.15, 0.2) is 140 Å². The second-order valence-electron chi connectivity index (χ2n) is 8.68. The first-order chi connectivity index (χ1) is 17.8. The summed E-state index contributed by atoms with van der Waals surface area (Å²) in [5.74, 6) is 1.71. The molecular formula is C33H30BrO2P. The van der Waals surface area contributed by atoms with Crippen LogP contribution in [0.4, 0.5) is 0 Å². The Hall–Kier alpha value is -3.39. The molecule has 5 rings (SSSR count). The van der Waals surface area contributed by atoms with Gasteiger partial charge in [-0.3, -0.25) is 0 Å². The van der Waals surface area contributed by atoms with E-state index in [-0.39, 0.29) is 22.6 Å². The molecule has 0 heterocycles. The molecule has 5 aromatic carbocycles. The third-order valence-corrected chi connectivity index (χ3v) is 11.4. The van der Waals surface area contributed by atoms with Crippen LogP contribution in [0.2, 0.25) is 0 Å². The highest BCUT2D eigenvalue weighted by Crippen LogP contribution is 2.69. The van der Waals surface area contributed by atoms with E-state index >= 15 is 0 Å². The summed E-state index contributed by atoms with van der Waals surface area (Å²) in [6.45, 7) is 0. The predicted octanol–water partition coefficient (Wildman–Crippen LogP) is 3.79. The molecule has 0 aliphatic heterocycles. The predicted molar refractivity (Wildman–Crippen MR) is 153 cm³/mol. The van der Waals surface area contributed by atoms with E-state index in [2.05, 4.69) is 140 Å². The largest absolute Gasteiger partial charge is 1.00 e. The van der Waals surface area contributed by atoms with E-state index in [1.807, 2.05) is 0 Å². The minimum Gasteiger partial charge on any atom is -1.00 e. The number of benzene rings is 5. The maximum absolute atomic E-state index is 5.52. The molecule has 0 aliphatic carbocycles. The van der Waals surface area contributed by atoms with Crippen LogP contribution in [-0.4, -0.2) is 14.2 Å². The van der Waals surface area contributed by atoms with E-state index in [4.69, 9.17) is 9.47 Å². The summed E-state index contributed by atoms with van der Waals surface area (Å²) in [6.07, 6.45) is 0. The van der Waals surface area contributed by atoms with E-state index in [0.29, 0.717) is 0 Å². The normalized spacial score (nSPS) is 11.0. The van der Waals surface area contributed by atoms with Gasteiger partial charge in [0.05, 0.1) is 14.2 Å². The Morgan fingerprint density at radius 2 is 0.730 bits per heavy atom. The lowest BCUT2D eigenvalue weighted by molar-refractivity contribution is -0.00000759. The lowest BCUT2D eigenvalue weighted by Gasteiger charge is -2.35. The van der Waals surface area contributed by atoms with Crippen LogP contribution in [0.25, 0.3) is 0 Å². The van der Waals surface area contributed by atoms with Gasteiger partial charge >= 0.3 is 0 Å². The van der Waals surface area contributed by atoms with E-state index < -0.39 is 7.26 Å². The maximum Gasteiger partial charge on any atom is 0.134 e. The number of halogens is 1. The minimum absolute atomic E-state index is 0. The summed E-state index contributed by atoms with van der Waals surface area (Å²) in [5.41, 5.74) is 2.60. The zero-order valence-corrected chi connectivity index (χ0v) is 23.5. The van der Waals surface area contributed by atoms with Gasteiger partial charge in [-0.05, 0) is 71.8 Å². The monoisotopic (exact) mass is 568 g/mol. The van der Waals surface area contributed by atoms with Crippen molar-refractivity contribution in [1.29, 1.82) is 0 Å². The summed E-state index contributed by atoms with van der Waals surface area (Å²) in [4.78, 5) is 0. The lowest BCUT2D eigenvalue weighted by Crippen LogP contribution is -3.00. The molecule has 0 unspecified atom stereocenters. The average Bonchev–Trinajstić information content (AvgIpc) is 2.97. The molecule has 0 spiro atoms. The molecule has 0 radical (unpaired) electrons. The molecule has 5 aromatic rings. The molecule has 0 saturated carbocycles. The summed E-state index contributed by atoms with van der Waals surface area (Å²) in [6, 6.07) is 50.2. The van der Waals surface area contributed by atoms with Gasteiger partial charge in [-0.1, -0.05) is 78.9 Å². The zero-order valence-electron chi connectivity index (χ0n) is 21.0. The summed E-state index contributed by atoms with van der Waals surface area (Å²) in [5, 5.41) is 4.04. The van der Waals surface area contributed by atoms with Crippen molar-refractivity contribution in [3.8, 4) is 11.5 Å². The Morgan fingerprint density at radius 1 is 0.432 bits per heavy atom. The Morgan fingerprint density at radius 3 is 1.00 bits per heavy atom. The fourth-order valence-corrected chi connectivity index (χ4v) is 10.1.